The first kappa shape index (κ1) is 8.85. The van der Waals surface area contributed by atoms with E-state index in [0.29, 0.717) is 11.0 Å². The molecule has 0 aromatic heterocycles. The molecule has 0 aliphatic rings. The van der Waals surface area contributed by atoms with Gasteiger partial charge in [0, 0.05) is 0 Å². The SMILES string of the molecule is CC[N+](C)(CF)CCO. The van der Waals surface area contributed by atoms with Crippen molar-refractivity contribution in [3.63, 3.8) is 0 Å². The first-order valence-corrected chi connectivity index (χ1v) is 3.19. The lowest BCUT2D eigenvalue weighted by Crippen LogP contribution is -2.45. The van der Waals surface area contributed by atoms with Crippen LogP contribution in [0.25, 0.3) is 0 Å². The van der Waals surface area contributed by atoms with E-state index in [4.69, 9.17) is 5.11 Å². The molecule has 0 aromatic carbocycles. The minimum atomic E-state index is -0.392. The van der Waals surface area contributed by atoms with Crippen molar-refractivity contribution in [2.75, 3.05) is 33.5 Å². The fourth-order valence-corrected chi connectivity index (χ4v) is 0.544. The monoisotopic (exact) mass is 136 g/mol. The van der Waals surface area contributed by atoms with Crippen LogP contribution in [0.5, 0.6) is 0 Å². The van der Waals surface area contributed by atoms with E-state index < -0.39 is 6.80 Å². The number of quaternary nitrogens is 1. The topological polar surface area (TPSA) is 20.2 Å². The molecule has 56 valence electrons. The molecule has 1 N–H and O–H groups in total. The minimum Gasteiger partial charge on any atom is -0.391 e. The molecule has 1 unspecified atom stereocenters. The van der Waals surface area contributed by atoms with Crippen LogP contribution in [0.4, 0.5) is 4.39 Å². The average Bonchev–Trinajstić information content (AvgIpc) is 1.89. The molecule has 3 heteroatoms. The van der Waals surface area contributed by atoms with Gasteiger partial charge in [-0.15, -0.1) is 0 Å². The van der Waals surface area contributed by atoms with E-state index in [2.05, 4.69) is 0 Å². The summed E-state index contributed by atoms with van der Waals surface area (Å²) in [5, 5.41) is 8.48. The van der Waals surface area contributed by atoms with Gasteiger partial charge in [0.05, 0.1) is 20.2 Å². The summed E-state index contributed by atoms with van der Waals surface area (Å²) in [6.45, 7) is 2.82. The van der Waals surface area contributed by atoms with Crippen molar-refractivity contribution in [1.29, 1.82) is 0 Å². The van der Waals surface area contributed by atoms with Crippen LogP contribution in [-0.2, 0) is 0 Å². The van der Waals surface area contributed by atoms with Crippen molar-refractivity contribution >= 4 is 0 Å². The minimum absolute atomic E-state index is 0.0637. The molecule has 0 saturated heterocycles. The number of halogens is 1. The predicted octanol–water partition coefficient (Wildman–Crippen LogP) is 0.372. The molecular formula is C6H15FNO+. The van der Waals surface area contributed by atoms with Gasteiger partial charge < -0.3 is 5.11 Å². The second-order valence-corrected chi connectivity index (χ2v) is 2.50. The lowest BCUT2D eigenvalue weighted by molar-refractivity contribution is -0.920. The quantitative estimate of drug-likeness (QED) is 0.437. The molecule has 0 amide bonds. The number of aliphatic hydroxyl groups is 1. The number of likely N-dealkylation sites (N-methyl/N-ethyl adjacent to an activating group) is 1. The van der Waals surface area contributed by atoms with Crippen molar-refractivity contribution in [3.05, 3.63) is 0 Å². The van der Waals surface area contributed by atoms with E-state index >= 15 is 0 Å². The van der Waals surface area contributed by atoms with E-state index in [1.54, 1.807) is 7.05 Å². The fraction of sp³-hybridized carbons (Fsp3) is 1.00. The van der Waals surface area contributed by atoms with Gasteiger partial charge in [0.15, 0.2) is 0 Å². The fourth-order valence-electron chi connectivity index (χ4n) is 0.544. The Hall–Kier alpha value is -0.150. The molecule has 0 radical (unpaired) electrons. The second-order valence-electron chi connectivity index (χ2n) is 2.50. The van der Waals surface area contributed by atoms with Crippen LogP contribution < -0.4 is 0 Å². The van der Waals surface area contributed by atoms with Gasteiger partial charge in [0.1, 0.15) is 6.54 Å². The van der Waals surface area contributed by atoms with Crippen LogP contribution in [0, 0.1) is 0 Å². The van der Waals surface area contributed by atoms with E-state index in [1.165, 1.54) is 0 Å². The molecule has 0 aliphatic carbocycles. The average molecular weight is 136 g/mol. The smallest absolute Gasteiger partial charge is 0.222 e. The summed E-state index contributed by atoms with van der Waals surface area (Å²) in [7, 11) is 1.79. The molecule has 0 aromatic rings. The Morgan fingerprint density at radius 3 is 2.22 bits per heavy atom. The summed E-state index contributed by atoms with van der Waals surface area (Å²) in [5.74, 6) is 0. The molecule has 0 spiro atoms. The predicted molar refractivity (Wildman–Crippen MR) is 34.7 cm³/mol. The van der Waals surface area contributed by atoms with Gasteiger partial charge in [-0.05, 0) is 6.92 Å². The van der Waals surface area contributed by atoms with Gasteiger partial charge >= 0.3 is 0 Å². The van der Waals surface area contributed by atoms with E-state index in [0.717, 1.165) is 6.54 Å². The Morgan fingerprint density at radius 1 is 1.56 bits per heavy atom. The molecule has 0 fully saturated rings. The summed E-state index contributed by atoms with van der Waals surface area (Å²) < 4.78 is 12.4. The first-order chi connectivity index (χ1) is 4.18. The Bertz CT molecular complexity index is 73.5. The second kappa shape index (κ2) is 3.80. The number of hydrogen-bond acceptors (Lipinski definition) is 1. The molecule has 0 saturated carbocycles. The van der Waals surface area contributed by atoms with Crippen molar-refractivity contribution in [2.24, 2.45) is 0 Å². The maximum absolute atomic E-state index is 12.1. The molecule has 0 rings (SSSR count). The number of alkyl halides is 1. The summed E-state index contributed by atoms with van der Waals surface area (Å²) in [6, 6.07) is 0. The Kier molecular flexibility index (Phi) is 3.73. The largest absolute Gasteiger partial charge is 0.391 e. The van der Waals surface area contributed by atoms with E-state index in [9.17, 15) is 4.39 Å². The van der Waals surface area contributed by atoms with Crippen LogP contribution >= 0.6 is 0 Å². The number of rotatable bonds is 4. The van der Waals surface area contributed by atoms with Crippen LogP contribution in [0.3, 0.4) is 0 Å². The van der Waals surface area contributed by atoms with Gasteiger partial charge in [-0.3, -0.25) is 4.48 Å². The third-order valence-corrected chi connectivity index (χ3v) is 1.69. The third-order valence-electron chi connectivity index (χ3n) is 1.69. The Balaban J connectivity index is 3.62. The zero-order valence-corrected chi connectivity index (χ0v) is 6.10. The maximum Gasteiger partial charge on any atom is 0.222 e. The highest BCUT2D eigenvalue weighted by molar-refractivity contribution is 4.27. The lowest BCUT2D eigenvalue weighted by atomic mass is 10.4. The van der Waals surface area contributed by atoms with Crippen molar-refractivity contribution < 1.29 is 14.0 Å². The summed E-state index contributed by atoms with van der Waals surface area (Å²) in [6.07, 6.45) is 0. The zero-order chi connectivity index (χ0) is 7.33. The summed E-state index contributed by atoms with van der Waals surface area (Å²) >= 11 is 0. The number of hydrogen-bond donors (Lipinski definition) is 1. The molecule has 0 bridgehead atoms. The highest BCUT2D eigenvalue weighted by Gasteiger charge is 2.16. The molecular weight excluding hydrogens is 121 g/mol. The number of nitrogens with zero attached hydrogens (tertiary/aromatic N) is 1. The van der Waals surface area contributed by atoms with Crippen molar-refractivity contribution in [2.45, 2.75) is 6.92 Å². The Labute approximate surface area is 55.5 Å². The molecule has 2 nitrogen and oxygen atoms in total. The van der Waals surface area contributed by atoms with Gasteiger partial charge in [0.25, 0.3) is 0 Å². The first-order valence-electron chi connectivity index (χ1n) is 3.19. The van der Waals surface area contributed by atoms with Gasteiger partial charge in [-0.25, -0.2) is 0 Å². The molecule has 0 aliphatic heterocycles. The van der Waals surface area contributed by atoms with Crippen LogP contribution in [0.1, 0.15) is 6.92 Å². The van der Waals surface area contributed by atoms with Gasteiger partial charge in [-0.2, -0.15) is 4.39 Å². The van der Waals surface area contributed by atoms with Crippen LogP contribution in [0.2, 0.25) is 0 Å². The summed E-state index contributed by atoms with van der Waals surface area (Å²) in [4.78, 5) is 0. The van der Waals surface area contributed by atoms with E-state index in [1.807, 2.05) is 6.92 Å². The third kappa shape index (κ3) is 2.77. The van der Waals surface area contributed by atoms with Crippen LogP contribution in [0.15, 0.2) is 0 Å². The molecule has 0 heterocycles. The highest BCUT2D eigenvalue weighted by atomic mass is 19.1. The van der Waals surface area contributed by atoms with Gasteiger partial charge in [-0.1, -0.05) is 0 Å². The maximum atomic E-state index is 12.1. The van der Waals surface area contributed by atoms with Gasteiger partial charge in [0.2, 0.25) is 6.80 Å². The Morgan fingerprint density at radius 2 is 2.11 bits per heavy atom. The van der Waals surface area contributed by atoms with Crippen LogP contribution in [-0.4, -0.2) is 43.1 Å². The molecule has 1 atom stereocenters. The number of aliphatic hydroxyl groups excluding tert-OH is 1. The standard InChI is InChI=1S/C6H15FNO/c1-3-8(2,6-7)4-5-9/h9H,3-6H2,1-2H3/q+1. The normalized spacial score (nSPS) is 17.3. The summed E-state index contributed by atoms with van der Waals surface area (Å²) in [5.41, 5.74) is 0. The lowest BCUT2D eigenvalue weighted by Gasteiger charge is -2.28. The molecule has 9 heavy (non-hydrogen) atoms. The highest BCUT2D eigenvalue weighted by Crippen LogP contribution is 1.99. The zero-order valence-electron chi connectivity index (χ0n) is 6.10. The van der Waals surface area contributed by atoms with E-state index in [-0.39, 0.29) is 6.61 Å². The van der Waals surface area contributed by atoms with Crippen molar-refractivity contribution in [3.8, 4) is 0 Å². The van der Waals surface area contributed by atoms with Crippen molar-refractivity contribution in [1.82, 2.24) is 0 Å².